The Morgan fingerprint density at radius 3 is 1.70 bits per heavy atom. The Balaban J connectivity index is 1.29. The largest absolute Gasteiger partial charge is 0.362 e. The molecule has 1 aliphatic carbocycles. The lowest BCUT2D eigenvalue weighted by Gasteiger charge is -2.44. The molecule has 4 unspecified atom stereocenters. The van der Waals surface area contributed by atoms with Crippen LogP contribution in [0.3, 0.4) is 0 Å². The third-order valence-electron chi connectivity index (χ3n) is 13.5. The standard InChI is InChI=1S/C55H48N2/c1-35-32-48-50(34-53(35)57-37(3)27-29-41-17-7-11-25-52(41)57)54(45-22-12-18-38-14-4-8-20-43(38)45)47-31-30-42(56-36(2)26-28-40-16-6-10-24-51(40)56)33-49(47)55(48)46-23-13-19-39-15-5-9-21-44(39)46/h4-25,30-37,53H,26-29H2,1-3H3. The minimum atomic E-state index is 0.213. The molecule has 57 heavy (non-hydrogen) atoms. The summed E-state index contributed by atoms with van der Waals surface area (Å²) in [6.07, 6.45) is 9.86. The van der Waals surface area contributed by atoms with Crippen LogP contribution in [0, 0.1) is 5.92 Å². The van der Waals surface area contributed by atoms with Crippen molar-refractivity contribution >= 4 is 61.5 Å². The van der Waals surface area contributed by atoms with Gasteiger partial charge in [-0.1, -0.05) is 146 Å². The Morgan fingerprint density at radius 1 is 0.456 bits per heavy atom. The van der Waals surface area contributed by atoms with Crippen molar-refractivity contribution in [3.63, 3.8) is 0 Å². The summed E-state index contributed by atoms with van der Waals surface area (Å²) in [5.74, 6) is 0.287. The highest BCUT2D eigenvalue weighted by atomic mass is 15.2. The van der Waals surface area contributed by atoms with Crippen molar-refractivity contribution in [2.24, 2.45) is 5.92 Å². The molecule has 278 valence electrons. The highest BCUT2D eigenvalue weighted by Gasteiger charge is 2.33. The van der Waals surface area contributed by atoms with Crippen molar-refractivity contribution in [2.75, 3.05) is 9.80 Å². The molecule has 0 fully saturated rings. The van der Waals surface area contributed by atoms with Crippen molar-refractivity contribution in [1.29, 1.82) is 0 Å². The zero-order valence-electron chi connectivity index (χ0n) is 33.1. The Kier molecular flexibility index (Phi) is 8.10. The van der Waals surface area contributed by atoms with Gasteiger partial charge in [0.25, 0.3) is 0 Å². The van der Waals surface area contributed by atoms with E-state index in [0.717, 1.165) is 25.7 Å². The molecule has 2 heterocycles. The zero-order valence-corrected chi connectivity index (χ0v) is 33.1. The summed E-state index contributed by atoms with van der Waals surface area (Å²) in [6.45, 7) is 7.27. The van der Waals surface area contributed by atoms with Gasteiger partial charge in [-0.3, -0.25) is 0 Å². The quantitative estimate of drug-likeness (QED) is 0.178. The molecule has 4 atom stereocenters. The maximum absolute atomic E-state index is 2.75. The summed E-state index contributed by atoms with van der Waals surface area (Å²) in [6, 6.07) is 58.3. The van der Waals surface area contributed by atoms with Crippen LogP contribution in [0.2, 0.25) is 0 Å². The van der Waals surface area contributed by atoms with Gasteiger partial charge in [-0.05, 0) is 146 Å². The molecule has 8 aromatic carbocycles. The fourth-order valence-electron chi connectivity index (χ4n) is 10.7. The smallest absolute Gasteiger partial charge is 0.0545 e. The minimum Gasteiger partial charge on any atom is -0.362 e. The van der Waals surface area contributed by atoms with E-state index in [-0.39, 0.29) is 12.0 Å². The van der Waals surface area contributed by atoms with Gasteiger partial charge in [-0.25, -0.2) is 0 Å². The molecule has 8 aromatic rings. The average Bonchev–Trinajstić information content (AvgIpc) is 3.25. The second kappa shape index (κ2) is 13.5. The Morgan fingerprint density at radius 2 is 1.00 bits per heavy atom. The van der Waals surface area contributed by atoms with Crippen molar-refractivity contribution < 1.29 is 0 Å². The maximum Gasteiger partial charge on any atom is 0.0545 e. The number of para-hydroxylation sites is 2. The van der Waals surface area contributed by atoms with Crippen LogP contribution >= 0.6 is 0 Å². The van der Waals surface area contributed by atoms with E-state index in [2.05, 4.69) is 194 Å². The lowest BCUT2D eigenvalue weighted by Crippen LogP contribution is -2.50. The first kappa shape index (κ1) is 34.2. The molecule has 0 bridgehead atoms. The lowest BCUT2D eigenvalue weighted by atomic mass is 9.80. The summed E-state index contributed by atoms with van der Waals surface area (Å²) in [5.41, 5.74) is 12.2. The normalized spacial score (nSPS) is 20.1. The molecular formula is C55H48N2. The van der Waals surface area contributed by atoms with Crippen LogP contribution in [-0.4, -0.2) is 18.1 Å². The van der Waals surface area contributed by atoms with Gasteiger partial charge >= 0.3 is 0 Å². The lowest BCUT2D eigenvalue weighted by molar-refractivity contribution is 0.495. The summed E-state index contributed by atoms with van der Waals surface area (Å²) >= 11 is 0. The van der Waals surface area contributed by atoms with Gasteiger partial charge in [-0.15, -0.1) is 0 Å². The summed E-state index contributed by atoms with van der Waals surface area (Å²) in [4.78, 5) is 5.35. The van der Waals surface area contributed by atoms with E-state index in [9.17, 15) is 0 Å². The van der Waals surface area contributed by atoms with Gasteiger partial charge in [0.1, 0.15) is 0 Å². The molecular weight excluding hydrogens is 689 g/mol. The van der Waals surface area contributed by atoms with E-state index in [1.54, 1.807) is 0 Å². The third kappa shape index (κ3) is 5.45. The van der Waals surface area contributed by atoms with E-state index in [1.807, 2.05) is 0 Å². The predicted octanol–water partition coefficient (Wildman–Crippen LogP) is 12.4. The Labute approximate surface area is 336 Å². The van der Waals surface area contributed by atoms with Crippen LogP contribution in [0.25, 0.3) is 66.7 Å². The molecule has 2 heteroatoms. The summed E-state index contributed by atoms with van der Waals surface area (Å²) in [5, 5.41) is 10.5. The number of hydrogen-bond acceptors (Lipinski definition) is 2. The summed E-state index contributed by atoms with van der Waals surface area (Å²) in [7, 11) is 0. The Hall–Kier alpha value is -6.12. The maximum atomic E-state index is 2.75. The SMILES string of the molecule is CC1C=c2c(-c3cccc4ccccc34)c3cc(N4c5ccccc5CCC4C)ccc3c(-c3cccc4ccccc34)c2=CC1N1c2ccccc2CCC1C. The number of anilines is 3. The first-order valence-corrected chi connectivity index (χ1v) is 21.1. The summed E-state index contributed by atoms with van der Waals surface area (Å²) < 4.78 is 0. The second-order valence-electron chi connectivity index (χ2n) is 16.9. The second-order valence-corrected chi connectivity index (χ2v) is 16.9. The zero-order chi connectivity index (χ0) is 38.2. The van der Waals surface area contributed by atoms with Crippen molar-refractivity contribution in [1.82, 2.24) is 0 Å². The Bertz CT molecular complexity index is 3000. The van der Waals surface area contributed by atoms with Crippen LogP contribution in [-0.2, 0) is 12.8 Å². The van der Waals surface area contributed by atoms with E-state index in [1.165, 1.54) is 93.2 Å². The number of nitrogens with zero attached hydrogens (tertiary/aromatic N) is 2. The molecule has 0 aromatic heterocycles. The molecule has 0 amide bonds. The highest BCUT2D eigenvalue weighted by molar-refractivity contribution is 6.14. The van der Waals surface area contributed by atoms with Crippen molar-refractivity contribution in [3.05, 3.63) is 173 Å². The van der Waals surface area contributed by atoms with Gasteiger partial charge in [0.15, 0.2) is 0 Å². The minimum absolute atomic E-state index is 0.213. The van der Waals surface area contributed by atoms with E-state index >= 15 is 0 Å². The van der Waals surface area contributed by atoms with Crippen LogP contribution in [0.1, 0.15) is 44.7 Å². The van der Waals surface area contributed by atoms with Crippen molar-refractivity contribution in [2.45, 2.75) is 64.6 Å². The fourth-order valence-corrected chi connectivity index (χ4v) is 10.7. The van der Waals surface area contributed by atoms with E-state index in [4.69, 9.17) is 0 Å². The van der Waals surface area contributed by atoms with Crippen LogP contribution < -0.4 is 20.2 Å². The van der Waals surface area contributed by atoms with Crippen LogP contribution in [0.15, 0.2) is 152 Å². The van der Waals surface area contributed by atoms with E-state index < -0.39 is 0 Å². The molecule has 3 aliphatic rings. The van der Waals surface area contributed by atoms with Crippen molar-refractivity contribution in [3.8, 4) is 22.3 Å². The van der Waals surface area contributed by atoms with Crippen LogP contribution in [0.5, 0.6) is 0 Å². The monoisotopic (exact) mass is 736 g/mol. The van der Waals surface area contributed by atoms with Gasteiger partial charge in [0, 0.05) is 29.1 Å². The number of benzene rings is 8. The topological polar surface area (TPSA) is 6.48 Å². The first-order chi connectivity index (χ1) is 28.0. The van der Waals surface area contributed by atoms with Gasteiger partial charge in [-0.2, -0.15) is 0 Å². The number of rotatable bonds is 4. The molecule has 11 rings (SSSR count). The average molecular weight is 737 g/mol. The molecule has 0 radical (unpaired) electrons. The number of aryl methyl sites for hydroxylation is 2. The van der Waals surface area contributed by atoms with Gasteiger partial charge in [0.2, 0.25) is 0 Å². The molecule has 2 aliphatic heterocycles. The number of hydrogen-bond donors (Lipinski definition) is 0. The molecule has 0 saturated heterocycles. The highest BCUT2D eigenvalue weighted by Crippen LogP contribution is 2.43. The van der Waals surface area contributed by atoms with E-state index in [0.29, 0.717) is 12.1 Å². The molecule has 0 N–H and O–H groups in total. The number of fused-ring (bicyclic) bond motifs is 6. The molecule has 0 spiro atoms. The fraction of sp³-hybridized carbons (Fsp3) is 0.200. The first-order valence-electron chi connectivity index (χ1n) is 21.1. The predicted molar refractivity (Wildman–Crippen MR) is 244 cm³/mol. The van der Waals surface area contributed by atoms with Crippen LogP contribution in [0.4, 0.5) is 17.1 Å². The van der Waals surface area contributed by atoms with Gasteiger partial charge in [0.05, 0.1) is 6.04 Å². The molecule has 2 nitrogen and oxygen atoms in total. The van der Waals surface area contributed by atoms with Gasteiger partial charge < -0.3 is 9.80 Å². The third-order valence-corrected chi connectivity index (χ3v) is 13.5. The molecule has 0 saturated carbocycles.